The van der Waals surface area contributed by atoms with Crippen LogP contribution in [0.4, 0.5) is 5.82 Å². The van der Waals surface area contributed by atoms with Crippen LogP contribution < -0.4 is 5.73 Å². The SMILES string of the molecule is Cc1cccc2nc(-c3cnn(C(C)C)c3)c(N)n12. The molecule has 3 rings (SSSR count). The van der Waals surface area contributed by atoms with Gasteiger partial charge in [0.15, 0.2) is 0 Å². The number of nitrogen functional groups attached to an aromatic ring is 1. The van der Waals surface area contributed by atoms with Crippen molar-refractivity contribution in [2.75, 3.05) is 5.73 Å². The third-order valence-corrected chi connectivity index (χ3v) is 3.28. The van der Waals surface area contributed by atoms with E-state index < -0.39 is 0 Å². The molecule has 0 saturated carbocycles. The molecule has 0 unspecified atom stereocenters. The molecule has 3 aromatic rings. The summed E-state index contributed by atoms with van der Waals surface area (Å²) in [4.78, 5) is 4.60. The molecule has 0 saturated heterocycles. The van der Waals surface area contributed by atoms with Crippen molar-refractivity contribution >= 4 is 11.5 Å². The van der Waals surface area contributed by atoms with Crippen LogP contribution in [0.25, 0.3) is 16.9 Å². The standard InChI is InChI=1S/C14H17N5/c1-9(2)18-8-11(7-16-18)13-14(15)19-10(3)5-4-6-12(19)17-13/h4-9H,15H2,1-3H3. The Balaban J connectivity index is 2.19. The Morgan fingerprint density at radius 1 is 1.26 bits per heavy atom. The van der Waals surface area contributed by atoms with Gasteiger partial charge in [-0.3, -0.25) is 9.08 Å². The van der Waals surface area contributed by atoms with E-state index in [9.17, 15) is 0 Å². The topological polar surface area (TPSA) is 61.1 Å². The van der Waals surface area contributed by atoms with Crippen molar-refractivity contribution < 1.29 is 0 Å². The van der Waals surface area contributed by atoms with Crippen LogP contribution in [0.5, 0.6) is 0 Å². The average molecular weight is 255 g/mol. The van der Waals surface area contributed by atoms with E-state index in [0.717, 1.165) is 22.6 Å². The largest absolute Gasteiger partial charge is 0.383 e. The molecule has 0 fully saturated rings. The highest BCUT2D eigenvalue weighted by Crippen LogP contribution is 2.27. The van der Waals surface area contributed by atoms with Crippen LogP contribution in [0.2, 0.25) is 0 Å². The van der Waals surface area contributed by atoms with Crippen molar-refractivity contribution in [2.24, 2.45) is 0 Å². The van der Waals surface area contributed by atoms with E-state index in [-0.39, 0.29) is 0 Å². The zero-order valence-corrected chi connectivity index (χ0v) is 11.3. The van der Waals surface area contributed by atoms with Gasteiger partial charge in [0.05, 0.1) is 6.20 Å². The summed E-state index contributed by atoms with van der Waals surface area (Å²) in [6.07, 6.45) is 3.80. The van der Waals surface area contributed by atoms with Crippen molar-refractivity contribution in [2.45, 2.75) is 26.8 Å². The molecule has 0 spiro atoms. The van der Waals surface area contributed by atoms with Crippen LogP contribution in [0.1, 0.15) is 25.6 Å². The molecule has 5 nitrogen and oxygen atoms in total. The minimum Gasteiger partial charge on any atom is -0.383 e. The van der Waals surface area contributed by atoms with Crippen LogP contribution in [0, 0.1) is 6.92 Å². The molecule has 0 aliphatic carbocycles. The zero-order chi connectivity index (χ0) is 13.6. The number of hydrogen-bond donors (Lipinski definition) is 1. The molecule has 0 atom stereocenters. The summed E-state index contributed by atoms with van der Waals surface area (Å²) in [6, 6.07) is 6.29. The van der Waals surface area contributed by atoms with Gasteiger partial charge in [-0.25, -0.2) is 4.98 Å². The number of hydrogen-bond acceptors (Lipinski definition) is 3. The molecule has 0 aromatic carbocycles. The van der Waals surface area contributed by atoms with Crippen molar-refractivity contribution in [3.63, 3.8) is 0 Å². The summed E-state index contributed by atoms with van der Waals surface area (Å²) in [6.45, 7) is 6.20. The normalized spacial score (nSPS) is 11.6. The maximum Gasteiger partial charge on any atom is 0.139 e. The highest BCUT2D eigenvalue weighted by molar-refractivity contribution is 5.74. The number of rotatable bonds is 2. The molecule has 0 bridgehead atoms. The van der Waals surface area contributed by atoms with Gasteiger partial charge in [0.1, 0.15) is 17.2 Å². The Morgan fingerprint density at radius 3 is 2.68 bits per heavy atom. The van der Waals surface area contributed by atoms with Gasteiger partial charge in [0, 0.05) is 23.5 Å². The maximum atomic E-state index is 6.22. The van der Waals surface area contributed by atoms with Crippen molar-refractivity contribution in [1.82, 2.24) is 19.2 Å². The molecule has 0 aliphatic rings. The van der Waals surface area contributed by atoms with Crippen LogP contribution in [-0.4, -0.2) is 19.2 Å². The van der Waals surface area contributed by atoms with Gasteiger partial charge >= 0.3 is 0 Å². The second kappa shape index (κ2) is 4.12. The van der Waals surface area contributed by atoms with E-state index in [1.54, 1.807) is 0 Å². The second-order valence-electron chi connectivity index (χ2n) is 5.01. The smallest absolute Gasteiger partial charge is 0.139 e. The van der Waals surface area contributed by atoms with E-state index in [0.29, 0.717) is 11.9 Å². The third-order valence-electron chi connectivity index (χ3n) is 3.28. The minimum atomic E-state index is 0.328. The Bertz CT molecular complexity index is 735. The average Bonchev–Trinajstić information content (AvgIpc) is 2.95. The highest BCUT2D eigenvalue weighted by atomic mass is 15.3. The van der Waals surface area contributed by atoms with E-state index in [1.165, 1.54) is 0 Å². The van der Waals surface area contributed by atoms with Gasteiger partial charge in [-0.15, -0.1) is 0 Å². The van der Waals surface area contributed by atoms with E-state index >= 15 is 0 Å². The molecule has 3 heterocycles. The fourth-order valence-electron chi connectivity index (χ4n) is 2.24. The first-order valence-corrected chi connectivity index (χ1v) is 6.36. The molecule has 2 N–H and O–H groups in total. The number of aryl methyl sites for hydroxylation is 1. The first kappa shape index (κ1) is 11.8. The maximum absolute atomic E-state index is 6.22. The second-order valence-corrected chi connectivity index (χ2v) is 5.01. The molecule has 19 heavy (non-hydrogen) atoms. The Hall–Kier alpha value is -2.30. The monoisotopic (exact) mass is 255 g/mol. The Kier molecular flexibility index (Phi) is 2.55. The summed E-state index contributed by atoms with van der Waals surface area (Å²) < 4.78 is 3.87. The number of fused-ring (bicyclic) bond motifs is 1. The number of pyridine rings is 1. The predicted molar refractivity (Wildman–Crippen MR) is 75.9 cm³/mol. The molecule has 0 aliphatic heterocycles. The molecule has 3 aromatic heterocycles. The lowest BCUT2D eigenvalue weighted by atomic mass is 10.2. The minimum absolute atomic E-state index is 0.328. The van der Waals surface area contributed by atoms with Crippen molar-refractivity contribution in [3.8, 4) is 11.3 Å². The number of anilines is 1. The number of nitrogens with two attached hydrogens (primary N) is 1. The van der Waals surface area contributed by atoms with E-state index in [4.69, 9.17) is 5.73 Å². The summed E-state index contributed by atoms with van der Waals surface area (Å²) in [5, 5.41) is 4.34. The van der Waals surface area contributed by atoms with E-state index in [2.05, 4.69) is 23.9 Å². The van der Waals surface area contributed by atoms with Gasteiger partial charge in [-0.05, 0) is 32.9 Å². The fourth-order valence-corrected chi connectivity index (χ4v) is 2.24. The molecular weight excluding hydrogens is 238 g/mol. The molecule has 0 amide bonds. The summed E-state index contributed by atoms with van der Waals surface area (Å²) in [7, 11) is 0. The van der Waals surface area contributed by atoms with Gasteiger partial charge in [-0.1, -0.05) is 6.07 Å². The Labute approximate surface area is 111 Å². The van der Waals surface area contributed by atoms with Gasteiger partial charge < -0.3 is 5.73 Å². The first-order valence-electron chi connectivity index (χ1n) is 6.36. The van der Waals surface area contributed by atoms with Crippen molar-refractivity contribution in [1.29, 1.82) is 0 Å². The highest BCUT2D eigenvalue weighted by Gasteiger charge is 2.14. The van der Waals surface area contributed by atoms with Gasteiger partial charge in [0.2, 0.25) is 0 Å². The Morgan fingerprint density at radius 2 is 2.05 bits per heavy atom. The van der Waals surface area contributed by atoms with Crippen LogP contribution in [0.3, 0.4) is 0 Å². The summed E-state index contributed by atoms with van der Waals surface area (Å²) >= 11 is 0. The quantitative estimate of drug-likeness (QED) is 0.765. The first-order chi connectivity index (χ1) is 9.08. The third kappa shape index (κ3) is 1.78. The lowest BCUT2D eigenvalue weighted by molar-refractivity contribution is 0.532. The lowest BCUT2D eigenvalue weighted by Crippen LogP contribution is -1.99. The van der Waals surface area contributed by atoms with Crippen LogP contribution in [-0.2, 0) is 0 Å². The number of aromatic nitrogens is 4. The molecule has 5 heteroatoms. The molecular formula is C14H17N5. The predicted octanol–water partition coefficient (Wildman–Crippen LogP) is 2.67. The lowest BCUT2D eigenvalue weighted by Gasteiger charge is -2.03. The van der Waals surface area contributed by atoms with E-state index in [1.807, 2.05) is 46.6 Å². The zero-order valence-electron chi connectivity index (χ0n) is 11.3. The van der Waals surface area contributed by atoms with Crippen LogP contribution in [0.15, 0.2) is 30.6 Å². The number of imidazole rings is 1. The summed E-state index contributed by atoms with van der Waals surface area (Å²) in [5.41, 5.74) is 9.91. The van der Waals surface area contributed by atoms with Crippen LogP contribution >= 0.6 is 0 Å². The van der Waals surface area contributed by atoms with Crippen molar-refractivity contribution in [3.05, 3.63) is 36.3 Å². The summed E-state index contributed by atoms with van der Waals surface area (Å²) in [5.74, 6) is 0.663. The number of nitrogens with zero attached hydrogens (tertiary/aromatic N) is 4. The fraction of sp³-hybridized carbons (Fsp3) is 0.286. The molecule has 0 radical (unpaired) electrons. The van der Waals surface area contributed by atoms with Gasteiger partial charge in [-0.2, -0.15) is 5.10 Å². The van der Waals surface area contributed by atoms with Gasteiger partial charge in [0.25, 0.3) is 0 Å². The molecule has 98 valence electrons.